The standard InChI is InChI=1S/Ba.6FH/h;6*1H/q+2;;;;;;/p-6. The molecular formula is BaF6-4. The molecule has 0 bridgehead atoms. The Morgan fingerprint density at radius 1 is 0.286 bits per heavy atom. The van der Waals surface area contributed by atoms with Crippen molar-refractivity contribution in [2.45, 2.75) is 0 Å². The second-order valence-corrected chi connectivity index (χ2v) is 0. The molecule has 0 nitrogen and oxygen atoms in total. The smallest absolute Gasteiger partial charge is 1.00 e. The summed E-state index contributed by atoms with van der Waals surface area (Å²) in [6, 6.07) is 0. The van der Waals surface area contributed by atoms with Crippen LogP contribution in [0.15, 0.2) is 0 Å². The van der Waals surface area contributed by atoms with Crippen molar-refractivity contribution in [1.82, 2.24) is 0 Å². The minimum Gasteiger partial charge on any atom is -1.00 e. The summed E-state index contributed by atoms with van der Waals surface area (Å²) in [4.78, 5) is 0. The van der Waals surface area contributed by atoms with Gasteiger partial charge in [0.1, 0.15) is 0 Å². The van der Waals surface area contributed by atoms with Crippen LogP contribution in [-0.4, -0.2) is 48.9 Å². The first-order chi connectivity index (χ1) is 0. The summed E-state index contributed by atoms with van der Waals surface area (Å²) in [5.41, 5.74) is 0. The van der Waals surface area contributed by atoms with E-state index in [9.17, 15) is 0 Å². The third-order valence-electron chi connectivity index (χ3n) is 0. The van der Waals surface area contributed by atoms with E-state index in [2.05, 4.69) is 0 Å². The summed E-state index contributed by atoms with van der Waals surface area (Å²) in [7, 11) is 0. The van der Waals surface area contributed by atoms with Gasteiger partial charge in [-0.15, -0.1) is 0 Å². The Kier molecular flexibility index (Phi) is 9170. The van der Waals surface area contributed by atoms with Crippen LogP contribution in [0.3, 0.4) is 0 Å². The summed E-state index contributed by atoms with van der Waals surface area (Å²) >= 11 is 0. The molecule has 0 amide bonds. The van der Waals surface area contributed by atoms with Crippen LogP contribution in [0.4, 0.5) is 0 Å². The van der Waals surface area contributed by atoms with Gasteiger partial charge in [0.2, 0.25) is 0 Å². The number of hydrogen-bond acceptors (Lipinski definition) is 0. The van der Waals surface area contributed by atoms with Crippen molar-refractivity contribution in [2.24, 2.45) is 0 Å². The zero-order valence-corrected chi connectivity index (χ0v) is 7.42. The monoisotopic (exact) mass is 252 g/mol. The van der Waals surface area contributed by atoms with E-state index in [1.54, 1.807) is 0 Å². The van der Waals surface area contributed by atoms with E-state index in [-0.39, 0.29) is 77.1 Å². The fourth-order valence-electron chi connectivity index (χ4n) is 0. The minimum atomic E-state index is 0. The zero-order chi connectivity index (χ0) is 0. The van der Waals surface area contributed by atoms with E-state index in [0.717, 1.165) is 0 Å². The molecule has 0 aromatic carbocycles. The molecule has 0 fully saturated rings. The van der Waals surface area contributed by atoms with E-state index in [4.69, 9.17) is 0 Å². The Bertz CT molecular complexity index is 4.14. The maximum atomic E-state index is 0. The van der Waals surface area contributed by atoms with Gasteiger partial charge in [-0.1, -0.05) is 0 Å². The molecule has 0 N–H and O–H groups in total. The van der Waals surface area contributed by atoms with Crippen molar-refractivity contribution >= 4 is 48.9 Å². The van der Waals surface area contributed by atoms with E-state index >= 15 is 0 Å². The maximum Gasteiger partial charge on any atom is 2.00 e. The predicted octanol–water partition coefficient (Wildman–Crippen LogP) is -18.4. The molecule has 0 saturated carbocycles. The number of halogens is 6. The molecule has 0 aromatic rings. The van der Waals surface area contributed by atoms with Crippen molar-refractivity contribution < 1.29 is 28.2 Å². The van der Waals surface area contributed by atoms with Crippen molar-refractivity contribution in [1.29, 1.82) is 0 Å². The molecule has 0 heterocycles. The first kappa shape index (κ1) is 314. The molecule has 0 aliphatic heterocycles. The van der Waals surface area contributed by atoms with Gasteiger partial charge >= 0.3 is 48.9 Å². The van der Waals surface area contributed by atoms with E-state index in [1.807, 2.05) is 0 Å². The van der Waals surface area contributed by atoms with Crippen molar-refractivity contribution in [3.05, 3.63) is 0 Å². The molecule has 0 atom stereocenters. The molecule has 0 saturated heterocycles. The van der Waals surface area contributed by atoms with Gasteiger partial charge in [0.25, 0.3) is 0 Å². The molecular weight excluding hydrogens is 251 g/mol. The predicted molar refractivity (Wildman–Crippen MR) is 5.75 cm³/mol. The fourth-order valence-corrected chi connectivity index (χ4v) is 0. The molecule has 7 heavy (non-hydrogen) atoms. The van der Waals surface area contributed by atoms with Gasteiger partial charge in [-0.25, -0.2) is 0 Å². The van der Waals surface area contributed by atoms with Crippen molar-refractivity contribution in [2.75, 3.05) is 0 Å². The van der Waals surface area contributed by atoms with Gasteiger partial charge in [0.15, 0.2) is 0 Å². The molecule has 0 aliphatic carbocycles. The Labute approximate surface area is 76.3 Å². The fraction of sp³-hybridized carbons (Fsp3) is 0. The minimum absolute atomic E-state index is 0. The van der Waals surface area contributed by atoms with E-state index in [1.165, 1.54) is 0 Å². The Morgan fingerprint density at radius 2 is 0.286 bits per heavy atom. The van der Waals surface area contributed by atoms with Crippen molar-refractivity contribution in [3.63, 3.8) is 0 Å². The van der Waals surface area contributed by atoms with E-state index in [0.29, 0.717) is 0 Å². The Morgan fingerprint density at radius 3 is 0.286 bits per heavy atom. The second kappa shape index (κ2) is 204. The third-order valence-corrected chi connectivity index (χ3v) is 0. The van der Waals surface area contributed by atoms with Crippen LogP contribution in [0.1, 0.15) is 0 Å². The average molecular weight is 251 g/mol. The van der Waals surface area contributed by atoms with Crippen LogP contribution < -0.4 is 28.2 Å². The summed E-state index contributed by atoms with van der Waals surface area (Å²) < 4.78 is 0. The molecule has 7 heteroatoms. The van der Waals surface area contributed by atoms with Gasteiger partial charge in [-0.3, -0.25) is 0 Å². The van der Waals surface area contributed by atoms with Gasteiger partial charge in [0, 0.05) is 0 Å². The molecule has 0 rings (SSSR count). The molecule has 0 unspecified atom stereocenters. The average Bonchev–Trinajstić information content (AvgIpc) is 0. The van der Waals surface area contributed by atoms with Crippen LogP contribution in [-0.2, 0) is 0 Å². The van der Waals surface area contributed by atoms with Crippen LogP contribution in [0.25, 0.3) is 0 Å². The summed E-state index contributed by atoms with van der Waals surface area (Å²) in [6.07, 6.45) is 0. The summed E-state index contributed by atoms with van der Waals surface area (Å²) in [5.74, 6) is 0. The summed E-state index contributed by atoms with van der Waals surface area (Å²) in [5, 5.41) is 0. The van der Waals surface area contributed by atoms with Gasteiger partial charge in [0.05, 0.1) is 0 Å². The van der Waals surface area contributed by atoms with Crippen molar-refractivity contribution in [3.8, 4) is 0 Å². The van der Waals surface area contributed by atoms with Crippen LogP contribution in [0, 0.1) is 0 Å². The first-order valence-corrected chi connectivity index (χ1v) is 0. The first-order valence-electron chi connectivity index (χ1n) is 0. The van der Waals surface area contributed by atoms with Crippen LogP contribution >= 0.6 is 0 Å². The Hall–Kier alpha value is 1.15. The van der Waals surface area contributed by atoms with Gasteiger partial charge in [-0.05, 0) is 0 Å². The molecule has 0 aromatic heterocycles. The largest absolute Gasteiger partial charge is 2.00 e. The number of hydrogen-bond donors (Lipinski definition) is 0. The second-order valence-electron chi connectivity index (χ2n) is 0. The Balaban J connectivity index is 0. The molecule has 48 valence electrons. The van der Waals surface area contributed by atoms with E-state index < -0.39 is 0 Å². The number of rotatable bonds is 0. The summed E-state index contributed by atoms with van der Waals surface area (Å²) in [6.45, 7) is 0. The van der Waals surface area contributed by atoms with Crippen LogP contribution in [0.2, 0.25) is 0 Å². The molecule has 0 radical (unpaired) electrons. The molecule has 0 spiro atoms. The molecule has 0 aliphatic rings. The topological polar surface area (TPSA) is 0 Å². The van der Waals surface area contributed by atoms with Gasteiger partial charge in [-0.2, -0.15) is 0 Å². The quantitative estimate of drug-likeness (QED) is 0.296. The maximum absolute atomic E-state index is 0. The SMILES string of the molecule is [Ba+2].[F-].[F-].[F-].[F-].[F-].[F-]. The van der Waals surface area contributed by atoms with Gasteiger partial charge < -0.3 is 28.2 Å². The normalized spacial score (nSPS) is 0. The third kappa shape index (κ3) is 143. The zero-order valence-electron chi connectivity index (χ0n) is 2.97. The van der Waals surface area contributed by atoms with Crippen LogP contribution in [0.5, 0.6) is 0 Å².